The van der Waals surface area contributed by atoms with Crippen LogP contribution in [0.2, 0.25) is 0 Å². The van der Waals surface area contributed by atoms with Crippen molar-refractivity contribution in [2.24, 2.45) is 16.5 Å². The molecule has 1 aromatic heterocycles. The predicted molar refractivity (Wildman–Crippen MR) is 57.9 cm³/mol. The molecule has 0 aliphatic heterocycles. The van der Waals surface area contributed by atoms with Crippen LogP contribution in [0.1, 0.15) is 5.69 Å². The molecule has 8 nitrogen and oxygen atoms in total. The quantitative estimate of drug-likeness (QED) is 0.303. The number of pyridine rings is 1. The van der Waals surface area contributed by atoms with E-state index < -0.39 is 10.4 Å². The number of hydrogen-bond donors (Lipinski definition) is 4. The van der Waals surface area contributed by atoms with Gasteiger partial charge >= 0.3 is 10.4 Å². The summed E-state index contributed by atoms with van der Waals surface area (Å²) in [7, 11) is -4.67. The third kappa shape index (κ3) is 12.3. The summed E-state index contributed by atoms with van der Waals surface area (Å²) in [5.41, 5.74) is 11.1. The lowest BCUT2D eigenvalue weighted by Crippen LogP contribution is -2.22. The Labute approximate surface area is 92.6 Å². The molecule has 0 spiro atoms. The Morgan fingerprint density at radius 3 is 2.31 bits per heavy atom. The molecular formula is C7H12N4O4S. The molecule has 0 aromatic carbocycles. The number of guanidine groups is 1. The second-order valence-corrected chi connectivity index (χ2v) is 3.41. The molecule has 0 aliphatic carbocycles. The van der Waals surface area contributed by atoms with Crippen LogP contribution in [0.15, 0.2) is 29.4 Å². The molecule has 16 heavy (non-hydrogen) atoms. The standard InChI is InChI=1S/C7H10N4.H2O4S/c8-7(9)11-5-6-3-1-2-4-10-6;1-5(2,3)4/h1-4H,5H2,(H4,8,9,11);(H2,1,2,3,4). The summed E-state index contributed by atoms with van der Waals surface area (Å²) in [6.45, 7) is 0.448. The number of nitrogens with two attached hydrogens (primary N) is 2. The molecule has 0 radical (unpaired) electrons. The molecule has 1 aromatic rings. The van der Waals surface area contributed by atoms with Crippen molar-refractivity contribution in [2.45, 2.75) is 6.54 Å². The molecule has 0 aliphatic rings. The van der Waals surface area contributed by atoms with E-state index in [4.69, 9.17) is 29.0 Å². The fraction of sp³-hybridized carbons (Fsp3) is 0.143. The van der Waals surface area contributed by atoms with Gasteiger partial charge in [0.15, 0.2) is 5.96 Å². The van der Waals surface area contributed by atoms with Crippen molar-refractivity contribution in [2.75, 3.05) is 0 Å². The van der Waals surface area contributed by atoms with E-state index in [0.717, 1.165) is 5.69 Å². The SMILES string of the molecule is NC(N)=NCc1ccccn1.O=S(=O)(O)O. The topological polar surface area (TPSA) is 152 Å². The van der Waals surface area contributed by atoms with Crippen LogP contribution in [-0.2, 0) is 16.9 Å². The third-order valence-electron chi connectivity index (χ3n) is 1.15. The summed E-state index contributed by atoms with van der Waals surface area (Å²) >= 11 is 0. The highest BCUT2D eigenvalue weighted by Crippen LogP contribution is 1.93. The molecule has 90 valence electrons. The number of rotatable bonds is 2. The fourth-order valence-electron chi connectivity index (χ4n) is 0.664. The average Bonchev–Trinajstić information content (AvgIpc) is 2.14. The Balaban J connectivity index is 0.000000385. The van der Waals surface area contributed by atoms with Gasteiger partial charge in [-0.25, -0.2) is 4.99 Å². The molecule has 0 saturated heterocycles. The Kier molecular flexibility index (Phi) is 6.00. The first-order chi connectivity index (χ1) is 7.29. The first-order valence-corrected chi connectivity index (χ1v) is 5.34. The van der Waals surface area contributed by atoms with Crippen molar-refractivity contribution in [3.63, 3.8) is 0 Å². The Hall–Kier alpha value is -1.71. The average molecular weight is 248 g/mol. The van der Waals surface area contributed by atoms with Crippen LogP contribution < -0.4 is 11.5 Å². The maximum Gasteiger partial charge on any atom is 0.394 e. The lowest BCUT2D eigenvalue weighted by molar-refractivity contribution is 0.381. The predicted octanol–water partition coefficient (Wildman–Crippen LogP) is -0.798. The van der Waals surface area contributed by atoms with Crippen LogP contribution in [0.25, 0.3) is 0 Å². The minimum atomic E-state index is -4.67. The van der Waals surface area contributed by atoms with Crippen LogP contribution in [0, 0.1) is 0 Å². The van der Waals surface area contributed by atoms with Crippen LogP contribution in [0.5, 0.6) is 0 Å². The molecule has 6 N–H and O–H groups in total. The van der Waals surface area contributed by atoms with Gasteiger partial charge < -0.3 is 11.5 Å². The van der Waals surface area contributed by atoms with E-state index >= 15 is 0 Å². The van der Waals surface area contributed by atoms with E-state index in [1.165, 1.54) is 0 Å². The van der Waals surface area contributed by atoms with Crippen LogP contribution in [0.3, 0.4) is 0 Å². The zero-order valence-corrected chi connectivity index (χ0v) is 9.00. The lowest BCUT2D eigenvalue weighted by Gasteiger charge is -1.93. The molecule has 0 atom stereocenters. The van der Waals surface area contributed by atoms with Crippen molar-refractivity contribution >= 4 is 16.4 Å². The summed E-state index contributed by atoms with van der Waals surface area (Å²) in [5, 5.41) is 0. The molecule has 0 bridgehead atoms. The van der Waals surface area contributed by atoms with Crippen molar-refractivity contribution < 1.29 is 17.5 Å². The highest BCUT2D eigenvalue weighted by molar-refractivity contribution is 7.79. The van der Waals surface area contributed by atoms with Crippen molar-refractivity contribution in [3.05, 3.63) is 30.1 Å². The third-order valence-corrected chi connectivity index (χ3v) is 1.15. The van der Waals surface area contributed by atoms with Crippen molar-refractivity contribution in [1.29, 1.82) is 0 Å². The normalized spacial score (nSPS) is 9.88. The van der Waals surface area contributed by atoms with Gasteiger partial charge in [-0.3, -0.25) is 14.1 Å². The van der Waals surface area contributed by atoms with E-state index in [2.05, 4.69) is 9.98 Å². The zero-order valence-electron chi connectivity index (χ0n) is 8.18. The van der Waals surface area contributed by atoms with Gasteiger partial charge in [-0.2, -0.15) is 8.42 Å². The number of hydrogen-bond acceptors (Lipinski definition) is 4. The van der Waals surface area contributed by atoms with Gasteiger partial charge in [0.25, 0.3) is 0 Å². The summed E-state index contributed by atoms with van der Waals surface area (Å²) in [6.07, 6.45) is 1.71. The summed E-state index contributed by atoms with van der Waals surface area (Å²) < 4.78 is 31.6. The Morgan fingerprint density at radius 1 is 1.38 bits per heavy atom. The van der Waals surface area contributed by atoms with E-state index in [0.29, 0.717) is 6.54 Å². The highest BCUT2D eigenvalue weighted by atomic mass is 32.3. The summed E-state index contributed by atoms with van der Waals surface area (Å²) in [6, 6.07) is 5.61. The van der Waals surface area contributed by atoms with Gasteiger partial charge in [-0.1, -0.05) is 6.07 Å². The van der Waals surface area contributed by atoms with E-state index in [1.807, 2.05) is 18.2 Å². The van der Waals surface area contributed by atoms with Crippen LogP contribution in [-0.4, -0.2) is 28.5 Å². The van der Waals surface area contributed by atoms with Gasteiger partial charge in [0.2, 0.25) is 0 Å². The fourth-order valence-corrected chi connectivity index (χ4v) is 0.664. The molecule has 9 heteroatoms. The maximum absolute atomic E-state index is 8.74. The molecule has 0 fully saturated rings. The number of aromatic nitrogens is 1. The van der Waals surface area contributed by atoms with Crippen molar-refractivity contribution in [3.8, 4) is 0 Å². The lowest BCUT2D eigenvalue weighted by atomic mass is 10.3. The van der Waals surface area contributed by atoms with Gasteiger partial charge in [-0.05, 0) is 12.1 Å². The number of nitrogens with zero attached hydrogens (tertiary/aromatic N) is 2. The van der Waals surface area contributed by atoms with E-state index in [-0.39, 0.29) is 5.96 Å². The van der Waals surface area contributed by atoms with E-state index in [9.17, 15) is 0 Å². The minimum absolute atomic E-state index is 0.0932. The molecule has 0 unspecified atom stereocenters. The first kappa shape index (κ1) is 14.3. The Bertz CT molecular complexity index is 419. The van der Waals surface area contributed by atoms with Gasteiger partial charge in [0, 0.05) is 6.20 Å². The van der Waals surface area contributed by atoms with Gasteiger partial charge in [0.1, 0.15) is 0 Å². The van der Waals surface area contributed by atoms with Gasteiger partial charge in [-0.15, -0.1) is 0 Å². The van der Waals surface area contributed by atoms with Crippen molar-refractivity contribution in [1.82, 2.24) is 4.98 Å². The Morgan fingerprint density at radius 2 is 1.94 bits per heavy atom. The second kappa shape index (κ2) is 6.71. The molecule has 1 heterocycles. The van der Waals surface area contributed by atoms with Crippen LogP contribution in [0.4, 0.5) is 0 Å². The maximum atomic E-state index is 8.74. The molecule has 0 saturated carbocycles. The monoisotopic (exact) mass is 248 g/mol. The largest absolute Gasteiger partial charge is 0.394 e. The molecule has 1 rings (SSSR count). The van der Waals surface area contributed by atoms with E-state index in [1.54, 1.807) is 6.20 Å². The molecular weight excluding hydrogens is 236 g/mol. The summed E-state index contributed by atoms with van der Waals surface area (Å²) in [4.78, 5) is 7.84. The molecule has 0 amide bonds. The number of aliphatic imine (C=N–C) groups is 1. The minimum Gasteiger partial charge on any atom is -0.370 e. The highest BCUT2D eigenvalue weighted by Gasteiger charge is 1.88. The van der Waals surface area contributed by atoms with Gasteiger partial charge in [0.05, 0.1) is 12.2 Å². The summed E-state index contributed by atoms with van der Waals surface area (Å²) in [5.74, 6) is 0.0932. The van der Waals surface area contributed by atoms with Crippen LogP contribution >= 0.6 is 0 Å². The zero-order chi connectivity index (χ0) is 12.6. The smallest absolute Gasteiger partial charge is 0.370 e. The first-order valence-electron chi connectivity index (χ1n) is 3.94. The second-order valence-electron chi connectivity index (χ2n) is 2.51.